The van der Waals surface area contributed by atoms with Crippen LogP contribution in [0.3, 0.4) is 0 Å². The molecule has 122 valence electrons. The molecule has 0 atom stereocenters. The van der Waals surface area contributed by atoms with Gasteiger partial charge in [-0.2, -0.15) is 5.10 Å². The molecule has 24 heavy (non-hydrogen) atoms. The monoisotopic (exact) mass is 343 g/mol. The minimum Gasteiger partial charge on any atom is -0.320 e. The van der Waals surface area contributed by atoms with Crippen LogP contribution in [0.2, 0.25) is 0 Å². The molecule has 8 nitrogen and oxygen atoms in total. The van der Waals surface area contributed by atoms with Gasteiger partial charge in [-0.3, -0.25) is 19.6 Å². The number of aromatic nitrogens is 3. The Labute approximate surface area is 140 Å². The lowest BCUT2D eigenvalue weighted by Gasteiger charge is -2.04. The molecule has 0 unspecified atom stereocenters. The maximum Gasteiger partial charge on any atom is 0.320 e. The van der Waals surface area contributed by atoms with Gasteiger partial charge in [-0.05, 0) is 31.2 Å². The topological polar surface area (TPSA) is 103 Å². The van der Waals surface area contributed by atoms with Gasteiger partial charge in [-0.15, -0.1) is 11.3 Å². The van der Waals surface area contributed by atoms with Crippen molar-refractivity contribution in [1.29, 1.82) is 0 Å². The summed E-state index contributed by atoms with van der Waals surface area (Å²) in [6.07, 6.45) is 2.97. The maximum absolute atomic E-state index is 12.3. The molecule has 0 spiro atoms. The fourth-order valence-electron chi connectivity index (χ4n) is 2.12. The standard InChI is InChI=1S/C15H13N5O3S/c1-2-19-9-12(20(22)23)13(18-19)14(21)17-11-5-3-10(4-6-11)15-16-7-8-24-15/h3-9H,2H2,1H3,(H,17,21). The summed E-state index contributed by atoms with van der Waals surface area (Å²) < 4.78 is 1.36. The summed E-state index contributed by atoms with van der Waals surface area (Å²) in [6, 6.07) is 7.09. The molecule has 0 aliphatic heterocycles. The highest BCUT2D eigenvalue weighted by molar-refractivity contribution is 7.13. The van der Waals surface area contributed by atoms with Crippen LogP contribution < -0.4 is 5.32 Å². The maximum atomic E-state index is 12.3. The van der Waals surface area contributed by atoms with Crippen molar-refractivity contribution in [2.24, 2.45) is 0 Å². The Hall–Kier alpha value is -3.07. The van der Waals surface area contributed by atoms with E-state index in [0.717, 1.165) is 10.6 Å². The van der Waals surface area contributed by atoms with Gasteiger partial charge in [-0.1, -0.05) is 0 Å². The first-order valence-electron chi connectivity index (χ1n) is 7.11. The Balaban J connectivity index is 1.80. The molecular weight excluding hydrogens is 330 g/mol. The van der Waals surface area contributed by atoms with Gasteiger partial charge in [0.1, 0.15) is 11.2 Å². The van der Waals surface area contributed by atoms with Crippen molar-refractivity contribution < 1.29 is 9.72 Å². The van der Waals surface area contributed by atoms with Gasteiger partial charge in [0.25, 0.3) is 5.91 Å². The number of benzene rings is 1. The molecule has 0 radical (unpaired) electrons. The van der Waals surface area contributed by atoms with Gasteiger partial charge < -0.3 is 5.32 Å². The average Bonchev–Trinajstić information content (AvgIpc) is 3.25. The summed E-state index contributed by atoms with van der Waals surface area (Å²) in [5, 5.41) is 20.4. The molecule has 3 aromatic rings. The van der Waals surface area contributed by atoms with Crippen LogP contribution in [0.5, 0.6) is 0 Å². The van der Waals surface area contributed by atoms with E-state index in [2.05, 4.69) is 15.4 Å². The van der Waals surface area contributed by atoms with Gasteiger partial charge in [0.2, 0.25) is 5.69 Å². The van der Waals surface area contributed by atoms with Gasteiger partial charge in [0.05, 0.1) is 4.92 Å². The smallest absolute Gasteiger partial charge is 0.320 e. The Morgan fingerprint density at radius 2 is 2.12 bits per heavy atom. The highest BCUT2D eigenvalue weighted by Gasteiger charge is 2.25. The Morgan fingerprint density at radius 1 is 1.38 bits per heavy atom. The number of hydrogen-bond donors (Lipinski definition) is 1. The third kappa shape index (κ3) is 3.15. The zero-order valence-corrected chi connectivity index (χ0v) is 13.5. The molecule has 1 aromatic carbocycles. The molecule has 0 fully saturated rings. The van der Waals surface area contributed by atoms with Gasteiger partial charge in [0.15, 0.2) is 0 Å². The second kappa shape index (κ2) is 6.59. The highest BCUT2D eigenvalue weighted by atomic mass is 32.1. The van der Waals surface area contributed by atoms with E-state index in [1.54, 1.807) is 25.3 Å². The van der Waals surface area contributed by atoms with Gasteiger partial charge >= 0.3 is 5.69 Å². The molecule has 1 N–H and O–H groups in total. The molecule has 0 saturated heterocycles. The number of carbonyl (C=O) groups is 1. The van der Waals surface area contributed by atoms with E-state index >= 15 is 0 Å². The first-order chi connectivity index (χ1) is 11.6. The average molecular weight is 343 g/mol. The highest BCUT2D eigenvalue weighted by Crippen LogP contribution is 2.24. The zero-order chi connectivity index (χ0) is 17.1. The summed E-state index contributed by atoms with van der Waals surface area (Å²) in [7, 11) is 0. The van der Waals surface area contributed by atoms with Crippen LogP contribution in [0.4, 0.5) is 11.4 Å². The molecule has 3 rings (SSSR count). The second-order valence-electron chi connectivity index (χ2n) is 4.84. The first-order valence-corrected chi connectivity index (χ1v) is 7.99. The molecule has 0 aliphatic rings. The quantitative estimate of drug-likeness (QED) is 0.566. The van der Waals surface area contributed by atoms with Crippen molar-refractivity contribution in [3.63, 3.8) is 0 Å². The van der Waals surface area contributed by atoms with Gasteiger partial charge in [-0.25, -0.2) is 4.98 Å². The molecule has 1 amide bonds. The summed E-state index contributed by atoms with van der Waals surface area (Å²) in [6.45, 7) is 2.23. The summed E-state index contributed by atoms with van der Waals surface area (Å²) in [5.74, 6) is -0.615. The largest absolute Gasteiger partial charge is 0.320 e. The number of aryl methyl sites for hydroxylation is 1. The van der Waals surface area contributed by atoms with Crippen molar-refractivity contribution in [3.8, 4) is 10.6 Å². The number of thiazole rings is 1. The third-order valence-corrected chi connectivity index (χ3v) is 4.12. The number of nitrogens with zero attached hydrogens (tertiary/aromatic N) is 4. The van der Waals surface area contributed by atoms with Crippen molar-refractivity contribution >= 4 is 28.6 Å². The van der Waals surface area contributed by atoms with E-state index in [9.17, 15) is 14.9 Å². The lowest BCUT2D eigenvalue weighted by atomic mass is 10.2. The number of nitro groups is 1. The van der Waals surface area contributed by atoms with E-state index < -0.39 is 10.8 Å². The summed E-state index contributed by atoms with van der Waals surface area (Å²) in [5.41, 5.74) is 0.949. The number of rotatable bonds is 5. The molecular formula is C15H13N5O3S. The third-order valence-electron chi connectivity index (χ3n) is 3.30. The molecule has 0 aliphatic carbocycles. The molecule has 2 aromatic heterocycles. The molecule has 0 saturated carbocycles. The second-order valence-corrected chi connectivity index (χ2v) is 5.74. The molecule has 2 heterocycles. The number of anilines is 1. The van der Waals surface area contributed by atoms with E-state index in [-0.39, 0.29) is 11.4 Å². The van der Waals surface area contributed by atoms with Crippen molar-refractivity contribution in [2.75, 3.05) is 5.32 Å². The lowest BCUT2D eigenvalue weighted by Crippen LogP contribution is -2.14. The van der Waals surface area contributed by atoms with Crippen LogP contribution in [0.25, 0.3) is 10.6 Å². The minimum atomic E-state index is -0.615. The van der Waals surface area contributed by atoms with E-state index in [4.69, 9.17) is 0 Å². The minimum absolute atomic E-state index is 0.203. The van der Waals surface area contributed by atoms with Gasteiger partial charge in [0, 0.05) is 29.4 Å². The van der Waals surface area contributed by atoms with E-state index in [1.165, 1.54) is 22.2 Å². The Kier molecular flexibility index (Phi) is 4.34. The van der Waals surface area contributed by atoms with Crippen molar-refractivity contribution in [1.82, 2.24) is 14.8 Å². The van der Waals surface area contributed by atoms with Crippen molar-refractivity contribution in [2.45, 2.75) is 13.5 Å². The molecule has 0 bridgehead atoms. The van der Waals surface area contributed by atoms with Crippen LogP contribution in [0.15, 0.2) is 42.0 Å². The number of amides is 1. The van der Waals surface area contributed by atoms with Crippen LogP contribution in [0.1, 0.15) is 17.4 Å². The fourth-order valence-corrected chi connectivity index (χ4v) is 2.77. The number of carbonyl (C=O) groups excluding carboxylic acids is 1. The van der Waals surface area contributed by atoms with E-state index in [0.29, 0.717) is 12.2 Å². The zero-order valence-electron chi connectivity index (χ0n) is 12.7. The SMILES string of the molecule is CCn1cc([N+](=O)[O-])c(C(=O)Nc2ccc(-c3nccs3)cc2)n1. The van der Waals surface area contributed by atoms with Crippen LogP contribution in [0, 0.1) is 10.1 Å². The number of hydrogen-bond acceptors (Lipinski definition) is 6. The van der Waals surface area contributed by atoms with Crippen LogP contribution in [-0.4, -0.2) is 25.6 Å². The van der Waals surface area contributed by atoms with E-state index in [1.807, 2.05) is 17.5 Å². The van der Waals surface area contributed by atoms with Crippen LogP contribution in [-0.2, 0) is 6.54 Å². The van der Waals surface area contributed by atoms with Crippen molar-refractivity contribution in [3.05, 3.63) is 57.8 Å². The summed E-state index contributed by atoms with van der Waals surface area (Å²) >= 11 is 1.52. The predicted molar refractivity (Wildman–Crippen MR) is 90.1 cm³/mol. The number of nitrogens with one attached hydrogen (secondary N) is 1. The lowest BCUT2D eigenvalue weighted by molar-refractivity contribution is -0.385. The predicted octanol–water partition coefficient (Wildman–Crippen LogP) is 3.19. The first kappa shape index (κ1) is 15.8. The Bertz CT molecular complexity index is 871. The Morgan fingerprint density at radius 3 is 2.71 bits per heavy atom. The van der Waals surface area contributed by atoms with Crippen LogP contribution >= 0.6 is 11.3 Å². The fraction of sp³-hybridized carbons (Fsp3) is 0.133. The summed E-state index contributed by atoms with van der Waals surface area (Å²) in [4.78, 5) is 26.9. The normalized spacial score (nSPS) is 10.5. The molecule has 9 heteroatoms.